The molecule has 1 N–H and O–H groups in total. The van der Waals surface area contributed by atoms with Gasteiger partial charge in [-0.05, 0) is 41.5 Å². The van der Waals surface area contributed by atoms with Crippen molar-refractivity contribution in [1.29, 1.82) is 0 Å². The Morgan fingerprint density at radius 3 is 2.48 bits per heavy atom. The van der Waals surface area contributed by atoms with E-state index in [4.69, 9.17) is 4.74 Å². The predicted octanol–water partition coefficient (Wildman–Crippen LogP) is 3.25. The minimum Gasteiger partial charge on any atom is -0.507 e. The number of carbonyl (C=O) groups is 2. The lowest BCUT2D eigenvalue weighted by Crippen LogP contribution is -2.29. The van der Waals surface area contributed by atoms with Crippen LogP contribution >= 0.6 is 0 Å². The molecule has 1 atom stereocenters. The number of aliphatic hydroxyl groups is 1. The molecule has 0 bridgehead atoms. The molecule has 2 aromatic heterocycles. The molecule has 1 aliphatic heterocycles. The Labute approximate surface area is 177 Å². The van der Waals surface area contributed by atoms with Gasteiger partial charge in [-0.1, -0.05) is 12.1 Å². The van der Waals surface area contributed by atoms with Crippen LogP contribution in [0, 0.1) is 5.82 Å². The van der Waals surface area contributed by atoms with E-state index in [0.717, 1.165) is 6.07 Å². The van der Waals surface area contributed by atoms with Crippen LogP contribution in [0.2, 0.25) is 0 Å². The number of benzene rings is 1. The van der Waals surface area contributed by atoms with Gasteiger partial charge in [0.25, 0.3) is 11.7 Å². The van der Waals surface area contributed by atoms with Crippen LogP contribution in [0.4, 0.5) is 4.39 Å². The first-order valence-electron chi connectivity index (χ1n) is 9.42. The molecule has 7 nitrogen and oxygen atoms in total. The molecule has 0 aliphatic carbocycles. The number of hydrogen-bond acceptors (Lipinski definition) is 6. The molecule has 3 aromatic rings. The number of ether oxygens (including phenoxy) is 1. The maximum absolute atomic E-state index is 14.2. The summed E-state index contributed by atoms with van der Waals surface area (Å²) in [6, 6.07) is 9.83. The van der Waals surface area contributed by atoms with Gasteiger partial charge in [0.2, 0.25) is 0 Å². The highest BCUT2D eigenvalue weighted by molar-refractivity contribution is 6.46. The molecule has 1 fully saturated rings. The first-order valence-corrected chi connectivity index (χ1v) is 9.42. The average Bonchev–Trinajstić information content (AvgIpc) is 3.04. The van der Waals surface area contributed by atoms with Crippen LogP contribution in [0.5, 0.6) is 5.75 Å². The number of amides is 1. The fraction of sp³-hybridized carbons (Fsp3) is 0.130. The Balaban J connectivity index is 1.85. The molecule has 156 valence electrons. The van der Waals surface area contributed by atoms with Crippen molar-refractivity contribution >= 4 is 17.4 Å². The van der Waals surface area contributed by atoms with E-state index in [1.54, 1.807) is 42.9 Å². The van der Waals surface area contributed by atoms with Crippen LogP contribution in [0.25, 0.3) is 5.76 Å². The molecule has 1 aromatic carbocycles. The number of aromatic nitrogens is 2. The summed E-state index contributed by atoms with van der Waals surface area (Å²) in [5.41, 5.74) is 1.19. The van der Waals surface area contributed by atoms with Crippen molar-refractivity contribution in [2.24, 2.45) is 0 Å². The SMILES string of the molecule is COc1ccc(C(O)=C2C(=O)C(=O)N(Cc3cccnc3)[C@@H]2c2cccnc2)cc1F. The molecule has 0 saturated carbocycles. The molecule has 0 radical (unpaired) electrons. The molecule has 3 heterocycles. The maximum Gasteiger partial charge on any atom is 0.295 e. The summed E-state index contributed by atoms with van der Waals surface area (Å²) >= 11 is 0. The minimum absolute atomic E-state index is 0.00242. The van der Waals surface area contributed by atoms with E-state index in [1.807, 2.05) is 0 Å². The lowest BCUT2D eigenvalue weighted by molar-refractivity contribution is -0.140. The third-order valence-corrected chi connectivity index (χ3v) is 5.04. The minimum atomic E-state index is -0.890. The smallest absolute Gasteiger partial charge is 0.295 e. The second-order valence-electron chi connectivity index (χ2n) is 6.92. The van der Waals surface area contributed by atoms with Crippen LogP contribution < -0.4 is 4.74 Å². The van der Waals surface area contributed by atoms with E-state index in [-0.39, 0.29) is 23.4 Å². The number of rotatable bonds is 5. The number of pyridine rings is 2. The summed E-state index contributed by atoms with van der Waals surface area (Å²) in [7, 11) is 1.32. The quantitative estimate of drug-likeness (QED) is 0.388. The predicted molar refractivity (Wildman–Crippen MR) is 109 cm³/mol. The van der Waals surface area contributed by atoms with Gasteiger partial charge < -0.3 is 14.7 Å². The van der Waals surface area contributed by atoms with Gasteiger partial charge in [-0.2, -0.15) is 0 Å². The summed E-state index contributed by atoms with van der Waals surface area (Å²) in [5.74, 6) is -2.80. The van der Waals surface area contributed by atoms with Crippen molar-refractivity contribution in [3.8, 4) is 5.75 Å². The van der Waals surface area contributed by atoms with Crippen LogP contribution in [-0.4, -0.2) is 38.8 Å². The van der Waals surface area contributed by atoms with Gasteiger partial charge in [0.1, 0.15) is 5.76 Å². The van der Waals surface area contributed by atoms with Crippen molar-refractivity contribution in [1.82, 2.24) is 14.9 Å². The third kappa shape index (κ3) is 3.75. The van der Waals surface area contributed by atoms with Crippen molar-refractivity contribution in [2.45, 2.75) is 12.6 Å². The number of methoxy groups -OCH3 is 1. The van der Waals surface area contributed by atoms with Crippen LogP contribution in [0.15, 0.2) is 72.8 Å². The molecule has 1 aliphatic rings. The Morgan fingerprint density at radius 2 is 1.87 bits per heavy atom. The standard InChI is InChI=1S/C23H18FN3O4/c1-31-18-7-6-15(10-17(18)24)21(28)19-20(16-5-3-9-26-12-16)27(23(30)22(19)29)13-14-4-2-8-25-11-14/h2-12,20,28H,13H2,1H3/t20-/m1/s1. The summed E-state index contributed by atoms with van der Waals surface area (Å²) in [5, 5.41) is 11.0. The fourth-order valence-corrected chi connectivity index (χ4v) is 3.58. The summed E-state index contributed by atoms with van der Waals surface area (Å²) in [6.07, 6.45) is 6.29. The van der Waals surface area contributed by atoms with E-state index in [1.165, 1.54) is 30.3 Å². The highest BCUT2D eigenvalue weighted by Crippen LogP contribution is 2.40. The first kappa shape index (κ1) is 20.2. The van der Waals surface area contributed by atoms with Crippen molar-refractivity contribution in [3.63, 3.8) is 0 Å². The highest BCUT2D eigenvalue weighted by atomic mass is 19.1. The largest absolute Gasteiger partial charge is 0.507 e. The molecular formula is C23H18FN3O4. The van der Waals surface area contributed by atoms with Crippen molar-refractivity contribution < 1.29 is 23.8 Å². The van der Waals surface area contributed by atoms with E-state index in [0.29, 0.717) is 11.1 Å². The number of halogens is 1. The number of hydrogen-bond donors (Lipinski definition) is 1. The Kier molecular flexibility index (Phi) is 5.44. The zero-order valence-corrected chi connectivity index (χ0v) is 16.5. The maximum atomic E-state index is 14.2. The summed E-state index contributed by atoms with van der Waals surface area (Å²) in [6.45, 7) is 0.103. The normalized spacial score (nSPS) is 17.7. The van der Waals surface area contributed by atoms with Gasteiger partial charge in [0.15, 0.2) is 11.6 Å². The van der Waals surface area contributed by atoms with Crippen molar-refractivity contribution in [3.05, 3.63) is 95.3 Å². The lowest BCUT2D eigenvalue weighted by atomic mass is 9.96. The first-order chi connectivity index (χ1) is 15.0. The number of ketones is 1. The highest BCUT2D eigenvalue weighted by Gasteiger charge is 2.46. The molecule has 31 heavy (non-hydrogen) atoms. The zero-order valence-electron chi connectivity index (χ0n) is 16.5. The van der Waals surface area contributed by atoms with Crippen LogP contribution in [-0.2, 0) is 16.1 Å². The van der Waals surface area contributed by atoms with Gasteiger partial charge >= 0.3 is 0 Å². The van der Waals surface area contributed by atoms with E-state index in [9.17, 15) is 19.1 Å². The molecule has 8 heteroatoms. The monoisotopic (exact) mass is 419 g/mol. The van der Waals surface area contributed by atoms with Gasteiger partial charge in [-0.15, -0.1) is 0 Å². The van der Waals surface area contributed by atoms with Gasteiger partial charge in [-0.3, -0.25) is 19.6 Å². The van der Waals surface area contributed by atoms with Gasteiger partial charge in [0, 0.05) is 36.9 Å². The topological polar surface area (TPSA) is 92.6 Å². The van der Waals surface area contributed by atoms with Gasteiger partial charge in [0.05, 0.1) is 18.7 Å². The fourth-order valence-electron chi connectivity index (χ4n) is 3.58. The summed E-state index contributed by atoms with van der Waals surface area (Å²) < 4.78 is 19.1. The van der Waals surface area contributed by atoms with E-state index < -0.39 is 29.3 Å². The molecule has 0 spiro atoms. The lowest BCUT2D eigenvalue weighted by Gasteiger charge is -2.25. The average molecular weight is 419 g/mol. The molecule has 1 amide bonds. The van der Waals surface area contributed by atoms with Crippen LogP contribution in [0.1, 0.15) is 22.7 Å². The van der Waals surface area contributed by atoms with Crippen molar-refractivity contribution in [2.75, 3.05) is 7.11 Å². The molecule has 1 saturated heterocycles. The molecule has 0 unspecified atom stereocenters. The van der Waals surface area contributed by atoms with Gasteiger partial charge in [-0.25, -0.2) is 4.39 Å². The number of aliphatic hydroxyl groups excluding tert-OH is 1. The zero-order chi connectivity index (χ0) is 22.0. The Hall–Kier alpha value is -4.07. The third-order valence-electron chi connectivity index (χ3n) is 5.04. The number of nitrogens with zero attached hydrogens (tertiary/aromatic N) is 3. The number of likely N-dealkylation sites (tertiary alicyclic amines) is 1. The number of carbonyl (C=O) groups excluding carboxylic acids is 2. The molecular weight excluding hydrogens is 401 g/mol. The summed E-state index contributed by atoms with van der Waals surface area (Å²) in [4.78, 5) is 35.3. The molecule has 4 rings (SSSR count). The van der Waals surface area contributed by atoms with E-state index in [2.05, 4.69) is 9.97 Å². The van der Waals surface area contributed by atoms with E-state index >= 15 is 0 Å². The van der Waals surface area contributed by atoms with Crippen LogP contribution in [0.3, 0.4) is 0 Å². The Morgan fingerprint density at radius 1 is 1.13 bits per heavy atom. The second kappa shape index (κ2) is 8.35. The Bertz CT molecular complexity index is 1170. The number of Topliss-reactive ketones (excluding diaryl/α,β-unsaturated/α-hetero) is 1. The second-order valence-corrected chi connectivity index (χ2v) is 6.92.